The highest BCUT2D eigenvalue weighted by Gasteiger charge is 2.19. The molecule has 264 valence electrons. The molecule has 0 fully saturated rings. The maximum Gasteiger partial charge on any atom is 0.344 e. The first-order valence-corrected chi connectivity index (χ1v) is 17.9. The number of benzene rings is 3. The SMILES string of the molecule is CCOC(=O)COC(=O)/C(C)=C\C(C)=C\c1csc([C@H](Cc2ccc(OCc3ccccc3)cc2)NC(=O)CCCc2c[nH]c3ccccc23)n1. The Hall–Kier alpha value is -5.48. The molecular weight excluding hydrogens is 663 g/mol. The molecule has 0 saturated carbocycles. The summed E-state index contributed by atoms with van der Waals surface area (Å²) in [5.41, 5.74) is 6.26. The van der Waals surface area contributed by atoms with Gasteiger partial charge >= 0.3 is 11.9 Å². The molecule has 0 saturated heterocycles. The van der Waals surface area contributed by atoms with Crippen molar-refractivity contribution in [1.29, 1.82) is 0 Å². The Morgan fingerprint density at radius 2 is 1.71 bits per heavy atom. The lowest BCUT2D eigenvalue weighted by Gasteiger charge is -2.17. The van der Waals surface area contributed by atoms with Crippen molar-refractivity contribution in [3.63, 3.8) is 0 Å². The highest BCUT2D eigenvalue weighted by Crippen LogP contribution is 2.26. The second-order valence-electron chi connectivity index (χ2n) is 12.2. The number of carbonyl (C=O) groups excluding carboxylic acids is 3. The molecule has 0 aliphatic heterocycles. The number of allylic oxidation sites excluding steroid dienone is 2. The predicted octanol–water partition coefficient (Wildman–Crippen LogP) is 8.08. The molecule has 2 aromatic heterocycles. The molecule has 10 heteroatoms. The van der Waals surface area contributed by atoms with Crippen LogP contribution in [0.3, 0.4) is 0 Å². The van der Waals surface area contributed by atoms with E-state index in [1.807, 2.05) is 91.3 Å². The number of para-hydroxylation sites is 1. The number of hydrogen-bond donors (Lipinski definition) is 2. The van der Waals surface area contributed by atoms with Gasteiger partial charge < -0.3 is 24.5 Å². The molecule has 0 radical (unpaired) electrons. The number of nitrogens with one attached hydrogen (secondary N) is 2. The van der Waals surface area contributed by atoms with Gasteiger partial charge in [-0.15, -0.1) is 11.3 Å². The summed E-state index contributed by atoms with van der Waals surface area (Å²) in [5.74, 6) is -0.459. The Kier molecular flexibility index (Phi) is 13.3. The molecule has 2 N–H and O–H groups in total. The quantitative estimate of drug-likeness (QED) is 0.0570. The van der Waals surface area contributed by atoms with Crippen LogP contribution < -0.4 is 10.1 Å². The Morgan fingerprint density at radius 3 is 2.49 bits per heavy atom. The van der Waals surface area contributed by atoms with Crippen molar-refractivity contribution in [2.24, 2.45) is 0 Å². The van der Waals surface area contributed by atoms with Gasteiger partial charge in [0, 0.05) is 34.5 Å². The molecule has 0 spiro atoms. The first-order chi connectivity index (χ1) is 24.8. The summed E-state index contributed by atoms with van der Waals surface area (Å²) in [6, 6.07) is 25.8. The number of nitrogens with zero attached hydrogens (tertiary/aromatic N) is 1. The maximum atomic E-state index is 13.3. The van der Waals surface area contributed by atoms with Gasteiger partial charge in [0.1, 0.15) is 17.4 Å². The van der Waals surface area contributed by atoms with Crippen LogP contribution in [0.4, 0.5) is 0 Å². The Bertz CT molecular complexity index is 1980. The lowest BCUT2D eigenvalue weighted by molar-refractivity contribution is -0.156. The van der Waals surface area contributed by atoms with Crippen molar-refractivity contribution >= 4 is 46.2 Å². The second kappa shape index (κ2) is 18.5. The van der Waals surface area contributed by atoms with E-state index < -0.39 is 18.5 Å². The number of fused-ring (bicyclic) bond motifs is 1. The maximum absolute atomic E-state index is 13.3. The molecule has 5 aromatic rings. The average molecular weight is 706 g/mol. The lowest BCUT2D eigenvalue weighted by Crippen LogP contribution is -2.29. The molecule has 0 aliphatic rings. The minimum Gasteiger partial charge on any atom is -0.489 e. The van der Waals surface area contributed by atoms with Gasteiger partial charge in [-0.05, 0) is 92.6 Å². The molecule has 9 nitrogen and oxygen atoms in total. The van der Waals surface area contributed by atoms with Crippen molar-refractivity contribution < 1.29 is 28.6 Å². The summed E-state index contributed by atoms with van der Waals surface area (Å²) >= 11 is 1.47. The first-order valence-electron chi connectivity index (χ1n) is 17.0. The van der Waals surface area contributed by atoms with Crippen molar-refractivity contribution in [3.8, 4) is 5.75 Å². The molecule has 1 amide bonds. The Labute approximate surface area is 302 Å². The molecule has 5 rings (SSSR count). The fourth-order valence-electron chi connectivity index (χ4n) is 5.59. The van der Waals surface area contributed by atoms with E-state index in [0.717, 1.165) is 39.4 Å². The number of rotatable bonds is 17. The summed E-state index contributed by atoms with van der Waals surface area (Å²) in [5, 5.41) is 7.13. The van der Waals surface area contributed by atoms with E-state index in [1.165, 1.54) is 22.3 Å². The van der Waals surface area contributed by atoms with E-state index in [1.54, 1.807) is 19.9 Å². The minimum atomic E-state index is -0.598. The molecular formula is C41H43N3O6S. The van der Waals surface area contributed by atoms with Crippen LogP contribution in [0.2, 0.25) is 0 Å². The van der Waals surface area contributed by atoms with E-state index >= 15 is 0 Å². The highest BCUT2D eigenvalue weighted by atomic mass is 32.1. The summed E-state index contributed by atoms with van der Waals surface area (Å²) in [6.07, 6.45) is 8.01. The first kappa shape index (κ1) is 36.8. The molecule has 51 heavy (non-hydrogen) atoms. The lowest BCUT2D eigenvalue weighted by atomic mass is 10.0. The van der Waals surface area contributed by atoms with Crippen LogP contribution in [0.15, 0.2) is 108 Å². The zero-order valence-corrected chi connectivity index (χ0v) is 30.0. The summed E-state index contributed by atoms with van der Waals surface area (Å²) < 4.78 is 15.8. The number of H-pyrrole nitrogens is 1. The van der Waals surface area contributed by atoms with Gasteiger partial charge in [-0.2, -0.15) is 0 Å². The van der Waals surface area contributed by atoms with Gasteiger partial charge in [-0.3, -0.25) is 4.79 Å². The van der Waals surface area contributed by atoms with Gasteiger partial charge in [0.05, 0.1) is 18.3 Å². The van der Waals surface area contributed by atoms with Crippen LogP contribution >= 0.6 is 11.3 Å². The number of thiazole rings is 1. The Morgan fingerprint density at radius 1 is 0.941 bits per heavy atom. The molecule has 3 aromatic carbocycles. The van der Waals surface area contributed by atoms with Crippen LogP contribution in [0.5, 0.6) is 5.75 Å². The van der Waals surface area contributed by atoms with Crippen LogP contribution in [-0.4, -0.2) is 41.0 Å². The van der Waals surface area contributed by atoms with Crippen LogP contribution in [0.1, 0.15) is 67.0 Å². The molecule has 2 heterocycles. The zero-order chi connectivity index (χ0) is 36.0. The van der Waals surface area contributed by atoms with E-state index in [4.69, 9.17) is 19.2 Å². The third-order valence-corrected chi connectivity index (χ3v) is 9.05. The number of carbonyl (C=O) groups is 3. The number of ether oxygens (including phenoxy) is 3. The third-order valence-electron chi connectivity index (χ3n) is 8.08. The molecule has 0 bridgehead atoms. The van der Waals surface area contributed by atoms with Gasteiger partial charge in [-0.25, -0.2) is 14.6 Å². The standard InChI is InChI=1S/C41H43N3O6S/c1-4-48-39(46)26-50-41(47)29(3)21-28(2)22-33-27-51-40(43-33)37(23-30-17-19-34(20-18-30)49-25-31-11-6-5-7-12-31)44-38(45)16-10-13-32-24-42-36-15-9-8-14-35(32)36/h5-9,11-12,14-15,17-22,24,27,37,42H,4,10,13,16,23,25-26H2,1-3H3,(H,44,45)/b28-22+,29-21-/t37-/m0/s1. The van der Waals surface area contributed by atoms with E-state index in [9.17, 15) is 14.4 Å². The molecule has 0 aliphatic carbocycles. The Balaban J connectivity index is 1.25. The number of aromatic nitrogens is 2. The molecule has 0 unspecified atom stereocenters. The van der Waals surface area contributed by atoms with E-state index in [-0.39, 0.29) is 18.6 Å². The predicted molar refractivity (Wildman–Crippen MR) is 200 cm³/mol. The number of aryl methyl sites for hydroxylation is 1. The second-order valence-corrected chi connectivity index (χ2v) is 13.1. The van der Waals surface area contributed by atoms with E-state index in [0.29, 0.717) is 37.1 Å². The summed E-state index contributed by atoms with van der Waals surface area (Å²) in [7, 11) is 0. The number of aromatic amines is 1. The monoisotopic (exact) mass is 705 g/mol. The van der Waals surface area contributed by atoms with Crippen LogP contribution in [-0.2, 0) is 43.3 Å². The van der Waals surface area contributed by atoms with Gasteiger partial charge in [-0.1, -0.05) is 60.7 Å². The average Bonchev–Trinajstić information content (AvgIpc) is 3.77. The largest absolute Gasteiger partial charge is 0.489 e. The van der Waals surface area contributed by atoms with E-state index in [2.05, 4.69) is 22.4 Å². The summed E-state index contributed by atoms with van der Waals surface area (Å²) in [6.45, 7) is 5.43. The van der Waals surface area contributed by atoms with Crippen molar-refractivity contribution in [1.82, 2.24) is 15.3 Å². The van der Waals surface area contributed by atoms with Crippen molar-refractivity contribution in [3.05, 3.63) is 135 Å². The molecule has 1 atom stereocenters. The normalized spacial score (nSPS) is 12.4. The zero-order valence-electron chi connectivity index (χ0n) is 29.1. The smallest absolute Gasteiger partial charge is 0.344 e. The fraction of sp³-hybridized carbons (Fsp3) is 0.268. The number of amides is 1. The summed E-state index contributed by atoms with van der Waals surface area (Å²) in [4.78, 5) is 45.4. The number of hydrogen-bond acceptors (Lipinski definition) is 8. The van der Waals surface area contributed by atoms with Gasteiger partial charge in [0.25, 0.3) is 0 Å². The van der Waals surface area contributed by atoms with Gasteiger partial charge in [0.15, 0.2) is 6.61 Å². The van der Waals surface area contributed by atoms with Crippen LogP contribution in [0.25, 0.3) is 17.0 Å². The third kappa shape index (κ3) is 11.3. The van der Waals surface area contributed by atoms with Crippen molar-refractivity contribution in [2.75, 3.05) is 13.2 Å². The van der Waals surface area contributed by atoms with Gasteiger partial charge in [0.2, 0.25) is 5.91 Å². The van der Waals surface area contributed by atoms with Crippen molar-refractivity contribution in [2.45, 2.75) is 59.1 Å². The number of esters is 2. The van der Waals surface area contributed by atoms with Crippen LogP contribution in [0, 0.1) is 0 Å². The minimum absolute atomic E-state index is 0.0361. The topological polar surface area (TPSA) is 120 Å². The fourth-order valence-corrected chi connectivity index (χ4v) is 6.41. The highest BCUT2D eigenvalue weighted by molar-refractivity contribution is 7.09.